The lowest BCUT2D eigenvalue weighted by molar-refractivity contribution is -0.174. The molecule has 2 rings (SSSR count). The summed E-state index contributed by atoms with van der Waals surface area (Å²) in [4.78, 5) is 25.4. The fourth-order valence-corrected chi connectivity index (χ4v) is 2.37. The Morgan fingerprint density at radius 2 is 2.00 bits per heavy atom. The minimum Gasteiger partial charge on any atom is -0.372 e. The molecule has 2 fully saturated rings. The van der Waals surface area contributed by atoms with E-state index in [-0.39, 0.29) is 30.8 Å². The van der Waals surface area contributed by atoms with Gasteiger partial charge in [0.15, 0.2) is 0 Å². The predicted molar refractivity (Wildman–Crippen MR) is 67.3 cm³/mol. The largest absolute Gasteiger partial charge is 0.411 e. The van der Waals surface area contributed by atoms with Crippen LogP contribution in [0.3, 0.4) is 0 Å². The molecule has 0 aromatic heterocycles. The summed E-state index contributed by atoms with van der Waals surface area (Å²) in [6.45, 7) is -0.702. The summed E-state index contributed by atoms with van der Waals surface area (Å²) in [7, 11) is 0. The first-order valence-electron chi connectivity index (χ1n) is 7.09. The second-order valence-corrected chi connectivity index (χ2v) is 5.48. The molecule has 0 aromatic carbocycles. The lowest BCUT2D eigenvalue weighted by Crippen LogP contribution is -2.46. The van der Waals surface area contributed by atoms with Crippen molar-refractivity contribution in [2.75, 3.05) is 26.3 Å². The normalized spacial score (nSPS) is 24.0. The number of carbonyl (C=O) groups excluding carboxylic acids is 2. The van der Waals surface area contributed by atoms with E-state index >= 15 is 0 Å². The van der Waals surface area contributed by atoms with Gasteiger partial charge in [-0.1, -0.05) is 0 Å². The third kappa shape index (κ3) is 5.18. The number of carbonyl (C=O) groups is 2. The van der Waals surface area contributed by atoms with Gasteiger partial charge >= 0.3 is 6.18 Å². The van der Waals surface area contributed by atoms with E-state index in [0.717, 1.165) is 12.8 Å². The monoisotopic (exact) mass is 308 g/mol. The van der Waals surface area contributed by atoms with Gasteiger partial charge in [0.2, 0.25) is 11.8 Å². The molecule has 0 aromatic rings. The molecule has 1 saturated carbocycles. The fourth-order valence-electron chi connectivity index (χ4n) is 2.37. The van der Waals surface area contributed by atoms with Crippen LogP contribution in [-0.2, 0) is 14.3 Å². The summed E-state index contributed by atoms with van der Waals surface area (Å²) in [5.41, 5.74) is 0. The van der Waals surface area contributed by atoms with Crippen molar-refractivity contribution in [1.29, 1.82) is 0 Å². The van der Waals surface area contributed by atoms with Crippen LogP contribution in [0.25, 0.3) is 0 Å². The zero-order valence-electron chi connectivity index (χ0n) is 11.6. The Hall–Kier alpha value is -1.31. The topological polar surface area (TPSA) is 58.6 Å². The van der Waals surface area contributed by atoms with Crippen molar-refractivity contribution in [3.05, 3.63) is 0 Å². The van der Waals surface area contributed by atoms with Gasteiger partial charge in [0.25, 0.3) is 0 Å². The Balaban J connectivity index is 1.75. The first kappa shape index (κ1) is 16.1. The predicted octanol–water partition coefficient (Wildman–Crippen LogP) is 1.08. The third-order valence-corrected chi connectivity index (χ3v) is 3.58. The molecule has 1 atom stereocenters. The van der Waals surface area contributed by atoms with E-state index in [9.17, 15) is 22.8 Å². The molecule has 2 amide bonds. The van der Waals surface area contributed by atoms with Crippen LogP contribution in [0.1, 0.15) is 25.7 Å². The molecule has 1 saturated heterocycles. The van der Waals surface area contributed by atoms with Gasteiger partial charge in [0.1, 0.15) is 12.6 Å². The summed E-state index contributed by atoms with van der Waals surface area (Å²) in [6, 6.07) is -0.462. The molecule has 5 nitrogen and oxygen atoms in total. The van der Waals surface area contributed by atoms with Crippen molar-refractivity contribution in [3.63, 3.8) is 0 Å². The Bertz CT molecular complexity index is 397. The highest BCUT2D eigenvalue weighted by atomic mass is 19.4. The smallest absolute Gasteiger partial charge is 0.372 e. The minimum atomic E-state index is -4.33. The average molecular weight is 308 g/mol. The molecule has 2 aliphatic rings. The molecule has 21 heavy (non-hydrogen) atoms. The summed E-state index contributed by atoms with van der Waals surface area (Å²) in [5, 5.41) is 2.73. The molecule has 120 valence electrons. The standard InChI is InChI=1S/C13H19F3N2O3/c14-13(15,16)8-21-7-1-5-18-6-4-10(19)17-11(12(18)20)9-2-3-9/h9,11H,1-8H2,(H,17,19). The second-order valence-electron chi connectivity index (χ2n) is 5.48. The SMILES string of the molecule is O=C1CCN(CCCOCC(F)(F)F)C(=O)C(C2CC2)N1. The van der Waals surface area contributed by atoms with E-state index in [4.69, 9.17) is 0 Å². The molecule has 0 spiro atoms. The van der Waals surface area contributed by atoms with Crippen LogP contribution >= 0.6 is 0 Å². The zero-order valence-corrected chi connectivity index (χ0v) is 11.6. The van der Waals surface area contributed by atoms with Gasteiger partial charge in [-0.2, -0.15) is 13.2 Å². The number of nitrogens with one attached hydrogen (secondary N) is 1. The van der Waals surface area contributed by atoms with Crippen molar-refractivity contribution in [1.82, 2.24) is 10.2 Å². The maximum atomic E-state index is 12.3. The van der Waals surface area contributed by atoms with Gasteiger partial charge in [-0.15, -0.1) is 0 Å². The number of alkyl halides is 3. The highest BCUT2D eigenvalue weighted by Gasteiger charge is 2.40. The van der Waals surface area contributed by atoms with Crippen molar-refractivity contribution < 1.29 is 27.5 Å². The van der Waals surface area contributed by atoms with E-state index in [1.54, 1.807) is 4.90 Å². The van der Waals surface area contributed by atoms with E-state index in [2.05, 4.69) is 10.1 Å². The van der Waals surface area contributed by atoms with Crippen molar-refractivity contribution in [2.24, 2.45) is 5.92 Å². The molecule has 1 unspecified atom stereocenters. The van der Waals surface area contributed by atoms with Gasteiger partial charge in [0, 0.05) is 26.1 Å². The first-order chi connectivity index (χ1) is 9.87. The molecular formula is C13H19F3N2O3. The Kier molecular flexibility index (Phi) is 5.08. The van der Waals surface area contributed by atoms with E-state index in [0.29, 0.717) is 19.5 Å². The quantitative estimate of drug-likeness (QED) is 0.747. The van der Waals surface area contributed by atoms with Crippen LogP contribution in [0.15, 0.2) is 0 Å². The number of hydrogen-bond acceptors (Lipinski definition) is 3. The summed E-state index contributed by atoms with van der Waals surface area (Å²) < 4.78 is 40.2. The van der Waals surface area contributed by atoms with Gasteiger partial charge in [-0.25, -0.2) is 0 Å². The average Bonchev–Trinajstić information content (AvgIpc) is 3.20. The molecule has 8 heteroatoms. The van der Waals surface area contributed by atoms with Crippen molar-refractivity contribution in [3.8, 4) is 0 Å². The Labute approximate surface area is 120 Å². The van der Waals surface area contributed by atoms with Crippen LogP contribution < -0.4 is 5.32 Å². The van der Waals surface area contributed by atoms with Crippen LogP contribution in [0, 0.1) is 5.92 Å². The lowest BCUT2D eigenvalue weighted by Gasteiger charge is -2.24. The first-order valence-corrected chi connectivity index (χ1v) is 7.09. The van der Waals surface area contributed by atoms with Crippen LogP contribution in [-0.4, -0.2) is 55.2 Å². The van der Waals surface area contributed by atoms with Crippen LogP contribution in [0.5, 0.6) is 0 Å². The summed E-state index contributed by atoms with van der Waals surface area (Å²) in [5.74, 6) is -0.0567. The number of hydrogen-bond donors (Lipinski definition) is 1. The van der Waals surface area contributed by atoms with E-state index < -0.39 is 18.8 Å². The number of amides is 2. The summed E-state index contributed by atoms with van der Waals surface area (Å²) >= 11 is 0. The molecule has 1 N–H and O–H groups in total. The van der Waals surface area contributed by atoms with Gasteiger partial charge < -0.3 is 15.0 Å². The number of halogens is 3. The molecule has 1 aliphatic carbocycles. The Morgan fingerprint density at radius 3 is 2.62 bits per heavy atom. The fraction of sp³-hybridized carbons (Fsp3) is 0.846. The third-order valence-electron chi connectivity index (χ3n) is 3.58. The summed E-state index contributed by atoms with van der Waals surface area (Å²) in [6.07, 6.45) is -1.91. The van der Waals surface area contributed by atoms with Gasteiger partial charge in [0.05, 0.1) is 0 Å². The second kappa shape index (κ2) is 6.64. The van der Waals surface area contributed by atoms with Crippen LogP contribution in [0.4, 0.5) is 13.2 Å². The molecule has 1 heterocycles. The van der Waals surface area contributed by atoms with Crippen molar-refractivity contribution in [2.45, 2.75) is 37.9 Å². The number of nitrogens with zero attached hydrogens (tertiary/aromatic N) is 1. The minimum absolute atomic E-state index is 0.0568. The molecule has 0 radical (unpaired) electrons. The molecule has 0 bridgehead atoms. The van der Waals surface area contributed by atoms with E-state index in [1.165, 1.54) is 0 Å². The maximum absolute atomic E-state index is 12.3. The van der Waals surface area contributed by atoms with Crippen molar-refractivity contribution >= 4 is 11.8 Å². The molecule has 1 aliphatic heterocycles. The number of rotatable bonds is 6. The maximum Gasteiger partial charge on any atom is 0.411 e. The van der Waals surface area contributed by atoms with Crippen LogP contribution in [0.2, 0.25) is 0 Å². The highest BCUT2D eigenvalue weighted by molar-refractivity contribution is 5.90. The van der Waals surface area contributed by atoms with E-state index in [1.807, 2.05) is 0 Å². The van der Waals surface area contributed by atoms with Gasteiger partial charge in [-0.3, -0.25) is 9.59 Å². The van der Waals surface area contributed by atoms with Gasteiger partial charge in [-0.05, 0) is 25.2 Å². The highest BCUT2D eigenvalue weighted by Crippen LogP contribution is 2.34. The number of ether oxygens (including phenoxy) is 1. The lowest BCUT2D eigenvalue weighted by atomic mass is 10.1. The zero-order chi connectivity index (χ0) is 15.5. The Morgan fingerprint density at radius 1 is 1.29 bits per heavy atom. The molecular weight excluding hydrogens is 289 g/mol.